The van der Waals surface area contributed by atoms with Crippen molar-refractivity contribution in [3.8, 4) is 11.5 Å². The zero-order valence-corrected chi connectivity index (χ0v) is 22.3. The molecule has 1 aliphatic rings. The Morgan fingerprint density at radius 3 is 2.44 bits per heavy atom. The monoisotopic (exact) mass is 538 g/mol. The minimum Gasteiger partial charge on any atom is -0.496 e. The maximum Gasteiger partial charge on any atom is 0.229 e. The summed E-state index contributed by atoms with van der Waals surface area (Å²) < 4.78 is 25.8. The van der Waals surface area contributed by atoms with Gasteiger partial charge in [-0.1, -0.05) is 6.07 Å². The van der Waals surface area contributed by atoms with Crippen LogP contribution in [0.1, 0.15) is 11.1 Å². The number of rotatable bonds is 9. The highest BCUT2D eigenvalue weighted by atomic mass is 35.5. The van der Waals surface area contributed by atoms with Crippen molar-refractivity contribution in [2.45, 2.75) is 13.8 Å². The molecule has 36 heavy (non-hydrogen) atoms. The number of anilines is 4. The summed E-state index contributed by atoms with van der Waals surface area (Å²) in [5.74, 6) is 1.39. The Balaban J connectivity index is 0.00000228. The number of methoxy groups -OCH3 is 1. The second kappa shape index (κ2) is 14.0. The van der Waals surface area contributed by atoms with Gasteiger partial charge in [-0.2, -0.15) is 4.98 Å². The van der Waals surface area contributed by atoms with E-state index < -0.39 is 5.82 Å². The Morgan fingerprint density at radius 1 is 1.03 bits per heavy atom. The quantitative estimate of drug-likeness (QED) is 0.356. The lowest BCUT2D eigenvalue weighted by Crippen LogP contribution is -2.44. The van der Waals surface area contributed by atoms with Crippen LogP contribution in [0, 0.1) is 19.7 Å². The lowest BCUT2D eigenvalue weighted by atomic mass is 10.1. The summed E-state index contributed by atoms with van der Waals surface area (Å²) >= 11 is 0. The molecule has 0 saturated carbocycles. The number of halogens is 3. The molecule has 0 atom stereocenters. The van der Waals surface area contributed by atoms with Gasteiger partial charge in [-0.25, -0.2) is 9.37 Å². The molecule has 3 aromatic rings. The van der Waals surface area contributed by atoms with Gasteiger partial charge < -0.3 is 25.4 Å². The number of aryl methyl sites for hydroxylation is 2. The van der Waals surface area contributed by atoms with Crippen LogP contribution in [-0.4, -0.2) is 61.3 Å². The smallest absolute Gasteiger partial charge is 0.229 e. The lowest BCUT2D eigenvalue weighted by Gasteiger charge is -2.26. The number of benzene rings is 2. The van der Waals surface area contributed by atoms with Gasteiger partial charge in [0.15, 0.2) is 11.6 Å². The summed E-state index contributed by atoms with van der Waals surface area (Å²) in [5, 5.41) is 9.53. The molecule has 1 fully saturated rings. The standard InChI is InChI=1S/C25H31FN6O2.2ClH/c1-17-13-20(14-18(2)23(17)33-3)29-24-22(26)16-28-25(31-24)30-19-5-4-6-21(15-19)34-12-11-32-9-7-27-8-10-32;;/h4-6,13-16,27H,7-12H2,1-3H3,(H2,28,29,30,31);2*1H. The first-order chi connectivity index (χ1) is 16.5. The van der Waals surface area contributed by atoms with Crippen molar-refractivity contribution < 1.29 is 13.9 Å². The van der Waals surface area contributed by atoms with Gasteiger partial charge in [-0.3, -0.25) is 4.90 Å². The van der Waals surface area contributed by atoms with E-state index in [-0.39, 0.29) is 36.6 Å². The van der Waals surface area contributed by atoms with Crippen LogP contribution in [0.25, 0.3) is 0 Å². The second-order valence-electron chi connectivity index (χ2n) is 8.25. The van der Waals surface area contributed by atoms with Crippen LogP contribution >= 0.6 is 24.8 Å². The molecule has 11 heteroatoms. The Morgan fingerprint density at radius 2 is 1.75 bits per heavy atom. The van der Waals surface area contributed by atoms with Crippen molar-refractivity contribution in [1.29, 1.82) is 0 Å². The van der Waals surface area contributed by atoms with E-state index in [2.05, 4.69) is 30.8 Å². The van der Waals surface area contributed by atoms with E-state index in [1.807, 2.05) is 50.2 Å². The van der Waals surface area contributed by atoms with Crippen LogP contribution in [0.15, 0.2) is 42.6 Å². The fraction of sp³-hybridized carbons (Fsp3) is 0.360. The molecule has 2 aromatic carbocycles. The molecule has 8 nitrogen and oxygen atoms in total. The Hall–Kier alpha value is -2.85. The summed E-state index contributed by atoms with van der Waals surface area (Å²) in [6.45, 7) is 9.51. The SMILES string of the molecule is COc1c(C)cc(Nc2nc(Nc3cccc(OCCN4CCNCC4)c3)ncc2F)cc1C.Cl.Cl. The van der Waals surface area contributed by atoms with Gasteiger partial charge in [0.05, 0.1) is 13.3 Å². The normalized spacial score (nSPS) is 13.2. The van der Waals surface area contributed by atoms with Crippen LogP contribution in [0.3, 0.4) is 0 Å². The van der Waals surface area contributed by atoms with Crippen molar-refractivity contribution in [2.24, 2.45) is 0 Å². The minimum atomic E-state index is -0.540. The fourth-order valence-corrected chi connectivity index (χ4v) is 4.02. The number of aromatic nitrogens is 2. The molecule has 0 aliphatic carbocycles. The maximum atomic E-state index is 14.4. The highest BCUT2D eigenvalue weighted by Crippen LogP contribution is 2.29. The number of piperazine rings is 1. The maximum absolute atomic E-state index is 14.4. The van der Waals surface area contributed by atoms with Crippen molar-refractivity contribution in [3.63, 3.8) is 0 Å². The van der Waals surface area contributed by atoms with E-state index in [0.29, 0.717) is 6.61 Å². The lowest BCUT2D eigenvalue weighted by molar-refractivity contribution is 0.191. The number of hydrogen-bond acceptors (Lipinski definition) is 8. The first-order valence-electron chi connectivity index (χ1n) is 11.4. The minimum absolute atomic E-state index is 0. The van der Waals surface area contributed by atoms with E-state index in [4.69, 9.17) is 9.47 Å². The van der Waals surface area contributed by atoms with Crippen LogP contribution in [0.2, 0.25) is 0 Å². The molecule has 2 heterocycles. The topological polar surface area (TPSA) is 83.6 Å². The zero-order valence-electron chi connectivity index (χ0n) is 20.6. The van der Waals surface area contributed by atoms with Gasteiger partial charge in [0.1, 0.15) is 18.1 Å². The van der Waals surface area contributed by atoms with Crippen LogP contribution in [-0.2, 0) is 0 Å². The third-order valence-electron chi connectivity index (χ3n) is 5.65. The average Bonchev–Trinajstić information content (AvgIpc) is 2.82. The van der Waals surface area contributed by atoms with E-state index in [1.54, 1.807) is 7.11 Å². The molecule has 0 amide bonds. The summed E-state index contributed by atoms with van der Waals surface area (Å²) in [6.07, 6.45) is 1.15. The Bertz CT molecular complexity index is 1110. The van der Waals surface area contributed by atoms with Crippen LogP contribution in [0.5, 0.6) is 11.5 Å². The molecule has 0 radical (unpaired) electrons. The molecular formula is C25H33Cl2FN6O2. The van der Waals surface area contributed by atoms with Crippen molar-refractivity contribution in [1.82, 2.24) is 20.2 Å². The van der Waals surface area contributed by atoms with Gasteiger partial charge in [-0.15, -0.1) is 24.8 Å². The fourth-order valence-electron chi connectivity index (χ4n) is 4.02. The zero-order chi connectivity index (χ0) is 23.9. The molecule has 0 spiro atoms. The molecule has 4 rings (SSSR count). The number of nitrogens with zero attached hydrogens (tertiary/aromatic N) is 3. The third-order valence-corrected chi connectivity index (χ3v) is 5.65. The van der Waals surface area contributed by atoms with Gasteiger partial charge in [0.25, 0.3) is 0 Å². The summed E-state index contributed by atoms with van der Waals surface area (Å²) in [5.41, 5.74) is 3.38. The molecule has 1 aromatic heterocycles. The highest BCUT2D eigenvalue weighted by Gasteiger charge is 2.12. The van der Waals surface area contributed by atoms with E-state index in [0.717, 1.165) is 72.9 Å². The van der Waals surface area contributed by atoms with Crippen molar-refractivity contribution in [3.05, 3.63) is 59.5 Å². The molecule has 0 unspecified atom stereocenters. The first kappa shape index (κ1) is 29.4. The van der Waals surface area contributed by atoms with Gasteiger partial charge >= 0.3 is 0 Å². The second-order valence-corrected chi connectivity index (χ2v) is 8.25. The van der Waals surface area contributed by atoms with E-state index in [1.165, 1.54) is 0 Å². The van der Waals surface area contributed by atoms with Gasteiger partial charge in [0.2, 0.25) is 5.95 Å². The first-order valence-corrected chi connectivity index (χ1v) is 11.4. The largest absolute Gasteiger partial charge is 0.496 e. The number of hydrogen-bond donors (Lipinski definition) is 3. The number of ether oxygens (including phenoxy) is 2. The molecule has 1 aliphatic heterocycles. The van der Waals surface area contributed by atoms with Crippen LogP contribution in [0.4, 0.5) is 27.5 Å². The molecular weight excluding hydrogens is 506 g/mol. The summed E-state index contributed by atoms with van der Waals surface area (Å²) in [7, 11) is 1.64. The van der Waals surface area contributed by atoms with E-state index >= 15 is 0 Å². The average molecular weight is 539 g/mol. The summed E-state index contributed by atoms with van der Waals surface area (Å²) in [6, 6.07) is 11.4. The molecule has 0 bridgehead atoms. The Kier molecular flexibility index (Phi) is 11.5. The van der Waals surface area contributed by atoms with Gasteiger partial charge in [0, 0.05) is 50.2 Å². The molecule has 3 N–H and O–H groups in total. The molecule has 1 saturated heterocycles. The Labute approximate surface area is 223 Å². The predicted octanol–water partition coefficient (Wildman–Crippen LogP) is 4.86. The summed E-state index contributed by atoms with van der Waals surface area (Å²) in [4.78, 5) is 10.8. The van der Waals surface area contributed by atoms with Crippen LogP contribution < -0.4 is 25.4 Å². The van der Waals surface area contributed by atoms with Crippen molar-refractivity contribution >= 4 is 48.0 Å². The molecule has 196 valence electrons. The highest BCUT2D eigenvalue weighted by molar-refractivity contribution is 5.85. The third kappa shape index (κ3) is 7.83. The van der Waals surface area contributed by atoms with Crippen molar-refractivity contribution in [2.75, 3.05) is 57.1 Å². The van der Waals surface area contributed by atoms with Gasteiger partial charge in [-0.05, 0) is 49.2 Å². The van der Waals surface area contributed by atoms with E-state index in [9.17, 15) is 4.39 Å². The predicted molar refractivity (Wildman–Crippen MR) is 147 cm³/mol. The number of nitrogens with one attached hydrogen (secondary N) is 3.